The summed E-state index contributed by atoms with van der Waals surface area (Å²) in [5.74, 6) is -2.68. The lowest BCUT2D eigenvalue weighted by molar-refractivity contribution is -0.127. The Bertz CT molecular complexity index is 1590. The first-order chi connectivity index (χ1) is 18.4. The highest BCUT2D eigenvalue weighted by Gasteiger charge is 2.36. The zero-order valence-corrected chi connectivity index (χ0v) is 20.6. The second-order valence-electron chi connectivity index (χ2n) is 8.41. The van der Waals surface area contributed by atoms with Crippen molar-refractivity contribution in [3.8, 4) is 5.75 Å². The van der Waals surface area contributed by atoms with Gasteiger partial charge in [0.1, 0.15) is 30.5 Å². The number of nitrogens with one attached hydrogen (secondary N) is 1. The molecule has 6 nitrogen and oxygen atoms in total. The van der Waals surface area contributed by atoms with E-state index in [1.54, 1.807) is 6.08 Å². The zero-order chi connectivity index (χ0) is 26.6. The summed E-state index contributed by atoms with van der Waals surface area (Å²) in [4.78, 5) is 39.1. The van der Waals surface area contributed by atoms with Crippen molar-refractivity contribution in [2.24, 2.45) is 0 Å². The summed E-state index contributed by atoms with van der Waals surface area (Å²) in [6.07, 6.45) is 1.59. The van der Waals surface area contributed by atoms with Crippen LogP contribution < -0.4 is 10.1 Å². The van der Waals surface area contributed by atoms with Crippen LogP contribution >= 0.6 is 11.8 Å². The number of hydrogen-bond donors (Lipinski definition) is 1. The first kappa shape index (κ1) is 25.2. The smallest absolute Gasteiger partial charge is 0.294 e. The van der Waals surface area contributed by atoms with Gasteiger partial charge in [-0.3, -0.25) is 19.3 Å². The molecule has 1 aliphatic heterocycles. The number of rotatable bonds is 7. The minimum absolute atomic E-state index is 0.122. The van der Waals surface area contributed by atoms with Gasteiger partial charge in [-0.1, -0.05) is 60.7 Å². The van der Waals surface area contributed by atoms with Crippen LogP contribution in [-0.4, -0.2) is 28.5 Å². The van der Waals surface area contributed by atoms with Gasteiger partial charge in [-0.2, -0.15) is 0 Å². The van der Waals surface area contributed by atoms with E-state index in [-0.39, 0.29) is 10.6 Å². The fourth-order valence-corrected chi connectivity index (χ4v) is 4.80. The Kier molecular flexibility index (Phi) is 7.19. The SMILES string of the molecule is O=C(CN1C(=O)S/C(=C/c2c(OCc3ccccc3)ccc3ccccc23)C1=O)Nc1ccc(F)cc1F. The average molecular weight is 531 g/mol. The highest BCUT2D eigenvalue weighted by Crippen LogP contribution is 2.37. The quantitative estimate of drug-likeness (QED) is 0.281. The van der Waals surface area contributed by atoms with Crippen molar-refractivity contribution < 1.29 is 27.9 Å². The molecule has 38 heavy (non-hydrogen) atoms. The lowest BCUT2D eigenvalue weighted by Gasteiger charge is -2.14. The molecular weight excluding hydrogens is 510 g/mol. The van der Waals surface area contributed by atoms with Crippen molar-refractivity contribution >= 4 is 51.4 Å². The summed E-state index contributed by atoms with van der Waals surface area (Å²) in [5.41, 5.74) is 1.34. The number of benzene rings is 4. The fraction of sp³-hybridized carbons (Fsp3) is 0.0690. The third kappa shape index (κ3) is 5.42. The second kappa shape index (κ2) is 10.9. The molecule has 1 aliphatic rings. The summed E-state index contributed by atoms with van der Waals surface area (Å²) in [6.45, 7) is -0.312. The molecule has 4 aromatic carbocycles. The van der Waals surface area contributed by atoms with Crippen LogP contribution in [-0.2, 0) is 16.2 Å². The molecule has 4 aromatic rings. The predicted molar refractivity (Wildman–Crippen MR) is 142 cm³/mol. The normalized spacial score (nSPS) is 14.4. The van der Waals surface area contributed by atoms with Crippen LogP contribution in [0.1, 0.15) is 11.1 Å². The van der Waals surface area contributed by atoms with Crippen molar-refractivity contribution in [2.45, 2.75) is 6.61 Å². The van der Waals surface area contributed by atoms with Gasteiger partial charge in [-0.05, 0) is 52.4 Å². The Morgan fingerprint density at radius 3 is 2.50 bits per heavy atom. The van der Waals surface area contributed by atoms with Crippen LogP contribution in [0.15, 0.2) is 89.8 Å². The van der Waals surface area contributed by atoms with Gasteiger partial charge in [0, 0.05) is 11.6 Å². The van der Waals surface area contributed by atoms with Gasteiger partial charge >= 0.3 is 0 Å². The lowest BCUT2D eigenvalue weighted by Crippen LogP contribution is -2.36. The van der Waals surface area contributed by atoms with Crippen LogP contribution in [0.25, 0.3) is 16.8 Å². The van der Waals surface area contributed by atoms with E-state index in [1.165, 1.54) is 0 Å². The van der Waals surface area contributed by atoms with Gasteiger partial charge < -0.3 is 10.1 Å². The molecule has 0 saturated carbocycles. The highest BCUT2D eigenvalue weighted by atomic mass is 32.2. The standard InChI is InChI=1S/C29H20F2N2O4S/c30-20-11-12-24(23(31)14-20)32-27(34)16-33-28(35)26(38-29(33)36)15-22-21-9-5-4-8-19(21)10-13-25(22)37-17-18-6-2-1-3-7-18/h1-15H,16-17H2,(H,32,34)/b26-15+. The molecule has 0 bridgehead atoms. The Labute approximate surface area is 220 Å². The van der Waals surface area contributed by atoms with Gasteiger partial charge in [0.25, 0.3) is 11.1 Å². The number of anilines is 1. The first-order valence-corrected chi connectivity index (χ1v) is 12.4. The van der Waals surface area contributed by atoms with Gasteiger partial charge in [0.15, 0.2) is 0 Å². The summed E-state index contributed by atoms with van der Waals surface area (Å²) in [5, 5.41) is 3.37. The molecule has 1 heterocycles. The first-order valence-electron chi connectivity index (χ1n) is 11.6. The molecular formula is C29H20F2N2O4S. The Morgan fingerprint density at radius 1 is 0.947 bits per heavy atom. The topological polar surface area (TPSA) is 75.7 Å². The number of imide groups is 1. The van der Waals surface area contributed by atoms with E-state index in [0.717, 1.165) is 33.4 Å². The number of amides is 3. The molecule has 1 N–H and O–H groups in total. The highest BCUT2D eigenvalue weighted by molar-refractivity contribution is 8.18. The number of halogens is 2. The molecule has 0 aromatic heterocycles. The molecule has 1 fully saturated rings. The maximum Gasteiger partial charge on any atom is 0.294 e. The van der Waals surface area contributed by atoms with E-state index in [0.29, 0.717) is 35.7 Å². The maximum absolute atomic E-state index is 13.9. The minimum Gasteiger partial charge on any atom is -0.488 e. The van der Waals surface area contributed by atoms with E-state index in [1.807, 2.05) is 66.7 Å². The van der Waals surface area contributed by atoms with Crippen LogP contribution in [0.3, 0.4) is 0 Å². The van der Waals surface area contributed by atoms with Crippen molar-refractivity contribution in [3.63, 3.8) is 0 Å². The Hall–Kier alpha value is -4.50. The van der Waals surface area contributed by atoms with Gasteiger partial charge in [-0.25, -0.2) is 8.78 Å². The molecule has 1 saturated heterocycles. The number of carbonyl (C=O) groups is 3. The number of nitrogens with zero attached hydrogens (tertiary/aromatic N) is 1. The summed E-state index contributed by atoms with van der Waals surface area (Å²) in [6, 6.07) is 23.6. The van der Waals surface area contributed by atoms with Gasteiger partial charge in [0.2, 0.25) is 5.91 Å². The number of fused-ring (bicyclic) bond motifs is 1. The van der Waals surface area contributed by atoms with E-state index >= 15 is 0 Å². The average Bonchev–Trinajstić information content (AvgIpc) is 3.17. The Morgan fingerprint density at radius 2 is 1.71 bits per heavy atom. The van der Waals surface area contributed by atoms with E-state index < -0.39 is 35.2 Å². The van der Waals surface area contributed by atoms with Crippen molar-refractivity contribution in [2.75, 3.05) is 11.9 Å². The van der Waals surface area contributed by atoms with Crippen molar-refractivity contribution in [1.82, 2.24) is 4.90 Å². The number of thioether (sulfide) groups is 1. The minimum atomic E-state index is -0.966. The molecule has 0 radical (unpaired) electrons. The van der Waals surface area contributed by atoms with Crippen molar-refractivity contribution in [3.05, 3.63) is 113 Å². The molecule has 0 spiro atoms. The monoisotopic (exact) mass is 530 g/mol. The number of hydrogen-bond acceptors (Lipinski definition) is 5. The van der Waals surface area contributed by atoms with Gasteiger partial charge in [0.05, 0.1) is 10.6 Å². The Balaban J connectivity index is 1.39. The third-order valence-corrected chi connectivity index (χ3v) is 6.73. The molecule has 0 aliphatic carbocycles. The third-order valence-electron chi connectivity index (χ3n) is 5.82. The molecule has 3 amide bonds. The summed E-state index contributed by atoms with van der Waals surface area (Å²) in [7, 11) is 0. The molecule has 0 atom stereocenters. The van der Waals surface area contributed by atoms with Crippen LogP contribution in [0.4, 0.5) is 19.3 Å². The number of carbonyl (C=O) groups excluding carboxylic acids is 3. The van der Waals surface area contributed by atoms with E-state index in [9.17, 15) is 23.2 Å². The summed E-state index contributed by atoms with van der Waals surface area (Å²) < 4.78 is 33.1. The van der Waals surface area contributed by atoms with Crippen LogP contribution in [0.2, 0.25) is 0 Å². The maximum atomic E-state index is 13.9. The van der Waals surface area contributed by atoms with Crippen LogP contribution in [0.5, 0.6) is 5.75 Å². The molecule has 9 heteroatoms. The fourth-order valence-electron chi connectivity index (χ4n) is 3.98. The molecule has 190 valence electrons. The largest absolute Gasteiger partial charge is 0.488 e. The van der Waals surface area contributed by atoms with Crippen LogP contribution in [0, 0.1) is 11.6 Å². The van der Waals surface area contributed by atoms with Gasteiger partial charge in [-0.15, -0.1) is 0 Å². The molecule has 0 unspecified atom stereocenters. The lowest BCUT2D eigenvalue weighted by atomic mass is 10.0. The summed E-state index contributed by atoms with van der Waals surface area (Å²) >= 11 is 0.701. The van der Waals surface area contributed by atoms with E-state index in [2.05, 4.69) is 5.32 Å². The number of ether oxygens (including phenoxy) is 1. The zero-order valence-electron chi connectivity index (χ0n) is 19.8. The van der Waals surface area contributed by atoms with E-state index in [4.69, 9.17) is 4.74 Å². The second-order valence-corrected chi connectivity index (χ2v) is 9.41. The van der Waals surface area contributed by atoms with Crippen molar-refractivity contribution in [1.29, 1.82) is 0 Å². The molecule has 5 rings (SSSR count). The predicted octanol–water partition coefficient (Wildman–Crippen LogP) is 6.37.